The summed E-state index contributed by atoms with van der Waals surface area (Å²) in [6, 6.07) is 13.5. The number of halogens is 1. The van der Waals surface area contributed by atoms with E-state index >= 15 is 0 Å². The van der Waals surface area contributed by atoms with Gasteiger partial charge in [0, 0.05) is 5.75 Å². The molecule has 0 aliphatic carbocycles. The lowest BCUT2D eigenvalue weighted by Gasteiger charge is -2.07. The number of rotatable bonds is 7. The van der Waals surface area contributed by atoms with E-state index in [-0.39, 0.29) is 12.4 Å². The number of benzene rings is 2. The van der Waals surface area contributed by atoms with Crippen molar-refractivity contribution in [3.63, 3.8) is 0 Å². The molecule has 2 heterocycles. The van der Waals surface area contributed by atoms with Gasteiger partial charge in [0.25, 0.3) is 5.91 Å². The standard InChI is InChI=1S/C20H16FN5O2S/c21-14-4-6-15(7-5-14)26-19-17(9-25-26)20(24-12-23-19)29-11-13-2-1-3-16(8-13)28-10-18(22)27/h1-9,12H,10-11H2,(H2,22,27). The molecular weight excluding hydrogens is 393 g/mol. The lowest BCUT2D eigenvalue weighted by molar-refractivity contribution is -0.119. The summed E-state index contributed by atoms with van der Waals surface area (Å²) in [5.41, 5.74) is 7.48. The van der Waals surface area contributed by atoms with Gasteiger partial charge in [-0.05, 0) is 42.0 Å². The number of ether oxygens (including phenoxy) is 1. The summed E-state index contributed by atoms with van der Waals surface area (Å²) in [6.45, 7) is -0.161. The van der Waals surface area contributed by atoms with Crippen molar-refractivity contribution in [2.75, 3.05) is 6.61 Å². The van der Waals surface area contributed by atoms with Crippen LogP contribution in [0.1, 0.15) is 5.56 Å². The minimum Gasteiger partial charge on any atom is -0.484 e. The van der Waals surface area contributed by atoms with Gasteiger partial charge in [-0.2, -0.15) is 5.10 Å². The molecule has 2 N–H and O–H groups in total. The molecule has 2 aromatic carbocycles. The van der Waals surface area contributed by atoms with E-state index < -0.39 is 5.91 Å². The summed E-state index contributed by atoms with van der Waals surface area (Å²) in [6.07, 6.45) is 3.19. The monoisotopic (exact) mass is 409 g/mol. The van der Waals surface area contributed by atoms with E-state index in [1.807, 2.05) is 18.2 Å². The molecule has 0 saturated heterocycles. The molecule has 0 saturated carbocycles. The molecular formula is C20H16FN5O2S. The highest BCUT2D eigenvalue weighted by molar-refractivity contribution is 7.98. The second kappa shape index (κ2) is 8.27. The minimum atomic E-state index is -0.522. The maximum atomic E-state index is 13.2. The predicted octanol–water partition coefficient (Wildman–Crippen LogP) is 3.11. The first-order chi connectivity index (χ1) is 14.1. The molecule has 0 atom stereocenters. The Morgan fingerprint density at radius 2 is 2.00 bits per heavy atom. The summed E-state index contributed by atoms with van der Waals surface area (Å²) < 4.78 is 20.2. The van der Waals surface area contributed by atoms with Gasteiger partial charge in [-0.1, -0.05) is 12.1 Å². The lowest BCUT2D eigenvalue weighted by Crippen LogP contribution is -2.20. The Bertz CT molecular complexity index is 1160. The summed E-state index contributed by atoms with van der Waals surface area (Å²) in [5, 5.41) is 5.97. The number of amides is 1. The number of nitrogens with two attached hydrogens (primary N) is 1. The van der Waals surface area contributed by atoms with Gasteiger partial charge in [0.15, 0.2) is 12.3 Å². The van der Waals surface area contributed by atoms with Crippen LogP contribution in [-0.2, 0) is 10.5 Å². The number of carbonyl (C=O) groups is 1. The van der Waals surface area contributed by atoms with E-state index in [9.17, 15) is 9.18 Å². The SMILES string of the molecule is NC(=O)COc1cccc(CSc2ncnc3c2cnn3-c2ccc(F)cc2)c1. The van der Waals surface area contributed by atoms with E-state index in [1.54, 1.807) is 29.1 Å². The zero-order valence-electron chi connectivity index (χ0n) is 15.2. The molecule has 0 unspecified atom stereocenters. The van der Waals surface area contributed by atoms with Crippen molar-refractivity contribution in [1.29, 1.82) is 0 Å². The molecule has 4 rings (SSSR count). The Labute approximate surface area is 169 Å². The van der Waals surface area contributed by atoms with Gasteiger partial charge in [-0.3, -0.25) is 4.79 Å². The van der Waals surface area contributed by atoms with Crippen LogP contribution in [0, 0.1) is 5.82 Å². The number of fused-ring (bicyclic) bond motifs is 1. The van der Waals surface area contributed by atoms with E-state index in [4.69, 9.17) is 10.5 Å². The number of thioether (sulfide) groups is 1. The number of hydrogen-bond donors (Lipinski definition) is 1. The Kier molecular flexibility index (Phi) is 5.39. The fourth-order valence-corrected chi connectivity index (χ4v) is 3.64. The van der Waals surface area contributed by atoms with Crippen LogP contribution < -0.4 is 10.5 Å². The Morgan fingerprint density at radius 3 is 2.79 bits per heavy atom. The molecule has 9 heteroatoms. The number of aromatic nitrogens is 4. The van der Waals surface area contributed by atoms with Crippen molar-refractivity contribution in [1.82, 2.24) is 19.7 Å². The van der Waals surface area contributed by atoms with Crippen molar-refractivity contribution in [2.24, 2.45) is 5.73 Å². The predicted molar refractivity (Wildman–Crippen MR) is 107 cm³/mol. The summed E-state index contributed by atoms with van der Waals surface area (Å²) >= 11 is 1.54. The molecule has 146 valence electrons. The van der Waals surface area contributed by atoms with Crippen molar-refractivity contribution in [2.45, 2.75) is 10.8 Å². The number of hydrogen-bond acceptors (Lipinski definition) is 6. The van der Waals surface area contributed by atoms with Gasteiger partial charge in [-0.15, -0.1) is 11.8 Å². The zero-order valence-corrected chi connectivity index (χ0v) is 16.0. The van der Waals surface area contributed by atoms with Crippen molar-refractivity contribution < 1.29 is 13.9 Å². The highest BCUT2D eigenvalue weighted by Crippen LogP contribution is 2.29. The van der Waals surface area contributed by atoms with Gasteiger partial charge in [0.05, 0.1) is 17.3 Å². The highest BCUT2D eigenvalue weighted by atomic mass is 32.2. The first kappa shape index (κ1) is 18.9. The van der Waals surface area contributed by atoms with Crippen molar-refractivity contribution in [3.05, 3.63) is 72.4 Å². The molecule has 0 aliphatic heterocycles. The maximum Gasteiger partial charge on any atom is 0.255 e. The fourth-order valence-electron chi connectivity index (χ4n) is 2.74. The largest absolute Gasteiger partial charge is 0.484 e. The molecule has 1 amide bonds. The molecule has 0 bridgehead atoms. The molecule has 0 aliphatic rings. The fraction of sp³-hybridized carbons (Fsp3) is 0.100. The Hall–Kier alpha value is -3.46. The second-order valence-corrected chi connectivity index (χ2v) is 7.10. The number of carbonyl (C=O) groups excluding carboxylic acids is 1. The van der Waals surface area contributed by atoms with Crippen LogP contribution in [0.3, 0.4) is 0 Å². The van der Waals surface area contributed by atoms with Crippen LogP contribution >= 0.6 is 11.8 Å². The van der Waals surface area contributed by atoms with Crippen molar-refractivity contribution >= 4 is 28.7 Å². The second-order valence-electron chi connectivity index (χ2n) is 6.14. The van der Waals surface area contributed by atoms with Crippen LogP contribution in [0.2, 0.25) is 0 Å². The van der Waals surface area contributed by atoms with Crippen LogP contribution in [-0.4, -0.2) is 32.3 Å². The van der Waals surface area contributed by atoms with Crippen molar-refractivity contribution in [3.8, 4) is 11.4 Å². The molecule has 2 aromatic heterocycles. The summed E-state index contributed by atoms with van der Waals surface area (Å²) in [7, 11) is 0. The lowest BCUT2D eigenvalue weighted by atomic mass is 10.2. The number of nitrogens with zero attached hydrogens (tertiary/aromatic N) is 4. The molecule has 4 aromatic rings. The van der Waals surface area contributed by atoms with Gasteiger partial charge < -0.3 is 10.5 Å². The number of primary amides is 1. The normalized spacial score (nSPS) is 10.9. The topological polar surface area (TPSA) is 95.9 Å². The maximum absolute atomic E-state index is 13.2. The van der Waals surface area contributed by atoms with E-state index in [0.29, 0.717) is 17.1 Å². The molecule has 29 heavy (non-hydrogen) atoms. The molecule has 0 fully saturated rings. The van der Waals surface area contributed by atoms with E-state index in [2.05, 4.69) is 15.1 Å². The van der Waals surface area contributed by atoms with Gasteiger partial charge in [0.1, 0.15) is 22.9 Å². The summed E-state index contributed by atoms with van der Waals surface area (Å²) in [5.74, 6) is 0.394. The third kappa shape index (κ3) is 4.35. The Balaban J connectivity index is 1.54. The first-order valence-corrected chi connectivity index (χ1v) is 9.66. The first-order valence-electron chi connectivity index (χ1n) is 8.67. The van der Waals surface area contributed by atoms with Crippen LogP contribution in [0.5, 0.6) is 5.75 Å². The van der Waals surface area contributed by atoms with Crippen LogP contribution in [0.15, 0.2) is 66.1 Å². The highest BCUT2D eigenvalue weighted by Gasteiger charge is 2.12. The zero-order chi connectivity index (χ0) is 20.2. The van der Waals surface area contributed by atoms with E-state index in [1.165, 1.54) is 30.2 Å². The third-order valence-corrected chi connectivity index (χ3v) is 5.13. The van der Waals surface area contributed by atoms with Gasteiger partial charge in [0.2, 0.25) is 0 Å². The summed E-state index contributed by atoms with van der Waals surface area (Å²) in [4.78, 5) is 19.6. The Morgan fingerprint density at radius 1 is 1.17 bits per heavy atom. The molecule has 0 spiro atoms. The average Bonchev–Trinajstić information content (AvgIpc) is 3.16. The smallest absolute Gasteiger partial charge is 0.255 e. The quantitative estimate of drug-likeness (QED) is 0.372. The average molecular weight is 409 g/mol. The van der Waals surface area contributed by atoms with Gasteiger partial charge >= 0.3 is 0 Å². The third-order valence-electron chi connectivity index (χ3n) is 4.06. The van der Waals surface area contributed by atoms with Crippen LogP contribution in [0.25, 0.3) is 16.7 Å². The van der Waals surface area contributed by atoms with Gasteiger partial charge in [-0.25, -0.2) is 19.0 Å². The minimum absolute atomic E-state index is 0.161. The van der Waals surface area contributed by atoms with Crippen LogP contribution in [0.4, 0.5) is 4.39 Å². The van der Waals surface area contributed by atoms with E-state index in [0.717, 1.165) is 21.7 Å². The molecule has 7 nitrogen and oxygen atoms in total. The molecule has 0 radical (unpaired) electrons.